The highest BCUT2D eigenvalue weighted by atomic mass is 19.4. The van der Waals surface area contributed by atoms with Gasteiger partial charge in [-0.15, -0.1) is 10.2 Å². The van der Waals surface area contributed by atoms with Crippen LogP contribution in [0.4, 0.5) is 13.2 Å². The maximum Gasteiger partial charge on any atom is 0.416 e. The Kier molecular flexibility index (Phi) is 6.13. The predicted molar refractivity (Wildman–Crippen MR) is 121 cm³/mol. The first-order valence-corrected chi connectivity index (χ1v) is 10.6. The van der Waals surface area contributed by atoms with E-state index in [2.05, 4.69) is 10.2 Å². The van der Waals surface area contributed by atoms with Gasteiger partial charge in [-0.2, -0.15) is 18.4 Å². The van der Waals surface area contributed by atoms with Crippen LogP contribution in [-0.2, 0) is 12.7 Å². The minimum Gasteiger partial charge on any atom is -0.275 e. The fourth-order valence-electron chi connectivity index (χ4n) is 3.85. The van der Waals surface area contributed by atoms with Crippen molar-refractivity contribution in [3.05, 3.63) is 92.5 Å². The maximum atomic E-state index is 13.4. The van der Waals surface area contributed by atoms with Crippen molar-refractivity contribution >= 4 is 0 Å². The molecule has 2 aromatic carbocycles. The van der Waals surface area contributed by atoms with Crippen LogP contribution in [-0.4, -0.2) is 23.9 Å². The third-order valence-corrected chi connectivity index (χ3v) is 5.49. The lowest BCUT2D eigenvalue weighted by Crippen LogP contribution is -2.42. The highest BCUT2D eigenvalue weighted by Crippen LogP contribution is 2.30. The summed E-state index contributed by atoms with van der Waals surface area (Å²) in [5, 5.41) is 17.1. The van der Waals surface area contributed by atoms with Crippen molar-refractivity contribution in [1.29, 1.82) is 5.26 Å². The zero-order valence-corrected chi connectivity index (χ0v) is 18.7. The molecule has 4 aromatic rings. The molecule has 0 aliphatic carbocycles. The molecule has 0 bridgehead atoms. The summed E-state index contributed by atoms with van der Waals surface area (Å²) in [4.78, 5) is 26.7. The SMILES string of the molecule is CCCn1c(=O)c(-n2cnnc2-c2ccc(C#N)cc2)c(C)n(-c2cccc(C(F)(F)F)c2)c1=O. The van der Waals surface area contributed by atoms with Crippen LogP contribution in [0.5, 0.6) is 0 Å². The average molecular weight is 480 g/mol. The summed E-state index contributed by atoms with van der Waals surface area (Å²) in [7, 11) is 0. The third kappa shape index (κ3) is 4.26. The van der Waals surface area contributed by atoms with E-state index in [9.17, 15) is 22.8 Å². The molecule has 11 heteroatoms. The van der Waals surface area contributed by atoms with E-state index < -0.39 is 23.0 Å². The van der Waals surface area contributed by atoms with Gasteiger partial charge in [-0.25, -0.2) is 4.79 Å². The Balaban J connectivity index is 2.02. The average Bonchev–Trinajstić information content (AvgIpc) is 3.31. The quantitative estimate of drug-likeness (QED) is 0.432. The van der Waals surface area contributed by atoms with Crippen LogP contribution in [0.2, 0.25) is 0 Å². The molecule has 2 aromatic heterocycles. The Hall–Kier alpha value is -4.46. The lowest BCUT2D eigenvalue weighted by Gasteiger charge is -2.19. The minimum atomic E-state index is -4.61. The smallest absolute Gasteiger partial charge is 0.275 e. The zero-order valence-electron chi connectivity index (χ0n) is 18.7. The molecule has 2 heterocycles. The monoisotopic (exact) mass is 480 g/mol. The number of nitriles is 1. The van der Waals surface area contributed by atoms with Crippen LogP contribution in [0, 0.1) is 18.3 Å². The normalized spacial score (nSPS) is 11.4. The van der Waals surface area contributed by atoms with Gasteiger partial charge in [-0.1, -0.05) is 13.0 Å². The molecule has 0 saturated heterocycles. The summed E-state index contributed by atoms with van der Waals surface area (Å²) in [6.45, 7) is 3.33. The lowest BCUT2D eigenvalue weighted by atomic mass is 10.1. The van der Waals surface area contributed by atoms with Crippen molar-refractivity contribution in [2.24, 2.45) is 0 Å². The molecule has 0 amide bonds. The topological polar surface area (TPSA) is 98.5 Å². The fraction of sp³-hybridized carbons (Fsp3) is 0.208. The van der Waals surface area contributed by atoms with E-state index in [0.717, 1.165) is 21.3 Å². The molecular formula is C24H19F3N6O2. The summed E-state index contributed by atoms with van der Waals surface area (Å²) < 4.78 is 43.6. The van der Waals surface area contributed by atoms with E-state index in [1.165, 1.54) is 30.0 Å². The molecule has 178 valence electrons. The molecule has 0 atom stereocenters. The first kappa shape index (κ1) is 23.7. The molecule has 35 heavy (non-hydrogen) atoms. The second-order valence-electron chi connectivity index (χ2n) is 7.77. The molecule has 8 nitrogen and oxygen atoms in total. The van der Waals surface area contributed by atoms with Crippen LogP contribution in [0.1, 0.15) is 30.2 Å². The molecule has 0 saturated carbocycles. The highest BCUT2D eigenvalue weighted by molar-refractivity contribution is 5.60. The van der Waals surface area contributed by atoms with Crippen LogP contribution in [0.15, 0.2) is 64.4 Å². The maximum absolute atomic E-state index is 13.4. The van der Waals surface area contributed by atoms with Gasteiger partial charge in [0.15, 0.2) is 5.82 Å². The molecule has 0 fully saturated rings. The molecule has 0 spiro atoms. The van der Waals surface area contributed by atoms with Gasteiger partial charge in [0, 0.05) is 12.1 Å². The number of aromatic nitrogens is 5. The van der Waals surface area contributed by atoms with Crippen molar-refractivity contribution in [3.8, 4) is 28.8 Å². The van der Waals surface area contributed by atoms with Crippen molar-refractivity contribution in [2.45, 2.75) is 33.0 Å². The van der Waals surface area contributed by atoms with Crippen molar-refractivity contribution in [2.75, 3.05) is 0 Å². The molecule has 0 radical (unpaired) electrons. The molecular weight excluding hydrogens is 461 g/mol. The molecule has 0 aliphatic rings. The summed E-state index contributed by atoms with van der Waals surface area (Å²) in [5.74, 6) is 0.270. The number of alkyl halides is 3. The number of rotatable bonds is 5. The Labute approximate surface area is 197 Å². The zero-order chi connectivity index (χ0) is 25.3. The van der Waals surface area contributed by atoms with E-state index in [4.69, 9.17) is 5.26 Å². The Morgan fingerprint density at radius 1 is 1.09 bits per heavy atom. The molecule has 0 aliphatic heterocycles. The number of nitrogens with zero attached hydrogens (tertiary/aromatic N) is 6. The Bertz CT molecular complexity index is 1560. The molecule has 4 rings (SSSR count). The summed E-state index contributed by atoms with van der Waals surface area (Å²) >= 11 is 0. The van der Waals surface area contributed by atoms with Gasteiger partial charge in [0.2, 0.25) is 0 Å². The summed E-state index contributed by atoms with van der Waals surface area (Å²) in [6, 6.07) is 12.8. The van der Waals surface area contributed by atoms with Gasteiger partial charge in [-0.05, 0) is 55.8 Å². The fourth-order valence-corrected chi connectivity index (χ4v) is 3.85. The summed E-state index contributed by atoms with van der Waals surface area (Å²) in [5.41, 5.74) is -1.17. The molecule has 0 N–H and O–H groups in total. The van der Waals surface area contributed by atoms with Gasteiger partial charge in [-0.3, -0.25) is 18.5 Å². The molecule has 0 unspecified atom stereocenters. The van der Waals surface area contributed by atoms with Crippen LogP contribution < -0.4 is 11.2 Å². The lowest BCUT2D eigenvalue weighted by molar-refractivity contribution is -0.137. The van der Waals surface area contributed by atoms with Crippen molar-refractivity contribution in [1.82, 2.24) is 23.9 Å². The van der Waals surface area contributed by atoms with E-state index in [0.29, 0.717) is 17.5 Å². The van der Waals surface area contributed by atoms with Gasteiger partial charge >= 0.3 is 11.9 Å². The Morgan fingerprint density at radius 3 is 2.43 bits per heavy atom. The van der Waals surface area contributed by atoms with Crippen molar-refractivity contribution < 1.29 is 13.2 Å². The van der Waals surface area contributed by atoms with E-state index in [-0.39, 0.29) is 29.4 Å². The minimum absolute atomic E-state index is 0.0265. The second kappa shape index (κ2) is 9.06. The first-order valence-electron chi connectivity index (χ1n) is 10.6. The largest absolute Gasteiger partial charge is 0.416 e. The third-order valence-electron chi connectivity index (χ3n) is 5.49. The van der Waals surface area contributed by atoms with Crippen molar-refractivity contribution in [3.63, 3.8) is 0 Å². The number of hydrogen-bond donors (Lipinski definition) is 0. The number of halogens is 3. The van der Waals surface area contributed by atoms with Gasteiger partial charge in [0.1, 0.15) is 12.0 Å². The van der Waals surface area contributed by atoms with Crippen LogP contribution >= 0.6 is 0 Å². The van der Waals surface area contributed by atoms with E-state index >= 15 is 0 Å². The summed E-state index contributed by atoms with van der Waals surface area (Å²) in [6.07, 6.45) is -2.86. The van der Waals surface area contributed by atoms with Gasteiger partial charge in [0.05, 0.1) is 28.6 Å². The van der Waals surface area contributed by atoms with Crippen LogP contribution in [0.25, 0.3) is 22.8 Å². The van der Waals surface area contributed by atoms with E-state index in [1.54, 1.807) is 31.2 Å². The number of benzene rings is 2. The van der Waals surface area contributed by atoms with Gasteiger partial charge in [0.25, 0.3) is 5.56 Å². The highest BCUT2D eigenvalue weighted by Gasteiger charge is 2.31. The first-order chi connectivity index (χ1) is 16.7. The van der Waals surface area contributed by atoms with E-state index in [1.807, 2.05) is 6.07 Å². The number of hydrogen-bond acceptors (Lipinski definition) is 5. The Morgan fingerprint density at radius 2 is 1.80 bits per heavy atom. The predicted octanol–water partition coefficient (Wildman–Crippen LogP) is 3.86. The second-order valence-corrected chi connectivity index (χ2v) is 7.77. The van der Waals surface area contributed by atoms with Crippen LogP contribution in [0.3, 0.4) is 0 Å². The standard InChI is InChI=1S/C24H19F3N6O2/c1-3-11-31-22(34)20(32-14-29-30-21(32)17-9-7-16(13-28)8-10-17)15(2)33(23(31)35)19-6-4-5-18(12-19)24(25,26)27/h4-10,12,14H,3,11H2,1-2H3. The van der Waals surface area contributed by atoms with Gasteiger partial charge < -0.3 is 0 Å².